The third kappa shape index (κ3) is 4.78. The first-order valence-electron chi connectivity index (χ1n) is 7.20. The van der Waals surface area contributed by atoms with Crippen LogP contribution in [0.5, 0.6) is 17.2 Å². The van der Waals surface area contributed by atoms with Crippen LogP contribution >= 0.6 is 0 Å². The lowest BCUT2D eigenvalue weighted by atomic mass is 10.1. The van der Waals surface area contributed by atoms with Crippen molar-refractivity contribution in [2.75, 3.05) is 13.7 Å². The molecule has 0 saturated heterocycles. The number of benzene rings is 2. The molecule has 23 heavy (non-hydrogen) atoms. The Morgan fingerprint density at radius 3 is 2.61 bits per heavy atom. The lowest BCUT2D eigenvalue weighted by Crippen LogP contribution is -2.23. The third-order valence-electron chi connectivity index (χ3n) is 3.31. The molecule has 0 bridgehead atoms. The Labute approximate surface area is 134 Å². The maximum Gasteiger partial charge on any atom is 0.244 e. The highest BCUT2D eigenvalue weighted by molar-refractivity contribution is 5.92. The third-order valence-corrected chi connectivity index (χ3v) is 3.31. The number of methoxy groups -OCH3 is 1. The second kappa shape index (κ2) is 7.89. The number of para-hydroxylation sites is 1. The topological polar surface area (TPSA) is 78.8 Å². The summed E-state index contributed by atoms with van der Waals surface area (Å²) in [7, 11) is 1.47. The van der Waals surface area contributed by atoms with Gasteiger partial charge in [0.2, 0.25) is 5.91 Å². The van der Waals surface area contributed by atoms with Gasteiger partial charge in [-0.05, 0) is 36.3 Å². The van der Waals surface area contributed by atoms with E-state index in [0.29, 0.717) is 24.3 Å². The molecule has 0 aliphatic carbocycles. The lowest BCUT2D eigenvalue weighted by Gasteiger charge is -2.05. The number of ether oxygens (including phenoxy) is 1. The number of rotatable bonds is 6. The predicted octanol–water partition coefficient (Wildman–Crippen LogP) is 2.48. The van der Waals surface area contributed by atoms with E-state index < -0.39 is 0 Å². The van der Waals surface area contributed by atoms with Gasteiger partial charge in [0.15, 0.2) is 11.5 Å². The van der Waals surface area contributed by atoms with Gasteiger partial charge in [-0.15, -0.1) is 0 Å². The van der Waals surface area contributed by atoms with E-state index in [1.807, 2.05) is 12.1 Å². The molecule has 0 fully saturated rings. The van der Waals surface area contributed by atoms with Gasteiger partial charge >= 0.3 is 0 Å². The molecule has 0 aromatic heterocycles. The standard InChI is InChI=1S/C18H19NO4/c1-23-16-4-2-3-14(18(16)22)7-10-17(21)19-12-11-13-5-8-15(20)9-6-13/h2-10,20,22H,11-12H2,1H3,(H,19,21)/b10-7+. The summed E-state index contributed by atoms with van der Waals surface area (Å²) in [5.41, 5.74) is 1.54. The van der Waals surface area contributed by atoms with Crippen molar-refractivity contribution in [3.8, 4) is 17.2 Å². The molecule has 3 N–H and O–H groups in total. The highest BCUT2D eigenvalue weighted by Crippen LogP contribution is 2.29. The molecule has 0 aliphatic heterocycles. The van der Waals surface area contributed by atoms with Crippen molar-refractivity contribution in [2.45, 2.75) is 6.42 Å². The van der Waals surface area contributed by atoms with Crippen LogP contribution in [0, 0.1) is 0 Å². The maximum atomic E-state index is 11.8. The van der Waals surface area contributed by atoms with Crippen LogP contribution in [0.3, 0.4) is 0 Å². The van der Waals surface area contributed by atoms with Crippen LogP contribution < -0.4 is 10.1 Å². The lowest BCUT2D eigenvalue weighted by molar-refractivity contribution is -0.116. The minimum Gasteiger partial charge on any atom is -0.508 e. The molecule has 5 heteroatoms. The van der Waals surface area contributed by atoms with Gasteiger partial charge in [-0.25, -0.2) is 0 Å². The van der Waals surface area contributed by atoms with Crippen molar-refractivity contribution in [2.24, 2.45) is 0 Å². The molecule has 0 spiro atoms. The van der Waals surface area contributed by atoms with Crippen LogP contribution in [0.25, 0.3) is 6.08 Å². The fraction of sp³-hybridized carbons (Fsp3) is 0.167. The van der Waals surface area contributed by atoms with Crippen molar-refractivity contribution >= 4 is 12.0 Å². The van der Waals surface area contributed by atoms with Crippen molar-refractivity contribution < 1.29 is 19.7 Å². The summed E-state index contributed by atoms with van der Waals surface area (Å²) in [5, 5.41) is 21.9. The first-order chi connectivity index (χ1) is 11.1. The molecule has 2 rings (SSSR count). The number of carbonyl (C=O) groups is 1. The van der Waals surface area contributed by atoms with Crippen LogP contribution in [-0.4, -0.2) is 29.8 Å². The van der Waals surface area contributed by atoms with Crippen molar-refractivity contribution in [1.82, 2.24) is 5.32 Å². The second-order valence-corrected chi connectivity index (χ2v) is 4.94. The normalized spacial score (nSPS) is 10.7. The number of carbonyl (C=O) groups excluding carboxylic acids is 1. The summed E-state index contributed by atoms with van der Waals surface area (Å²) in [6, 6.07) is 11.9. The monoisotopic (exact) mass is 313 g/mol. The van der Waals surface area contributed by atoms with E-state index in [1.54, 1.807) is 30.3 Å². The van der Waals surface area contributed by atoms with E-state index in [-0.39, 0.29) is 17.4 Å². The molecule has 2 aromatic rings. The van der Waals surface area contributed by atoms with Crippen LogP contribution in [-0.2, 0) is 11.2 Å². The van der Waals surface area contributed by atoms with Crippen LogP contribution in [0.1, 0.15) is 11.1 Å². The number of aromatic hydroxyl groups is 2. The molecular weight excluding hydrogens is 294 g/mol. The molecule has 0 unspecified atom stereocenters. The second-order valence-electron chi connectivity index (χ2n) is 4.94. The molecule has 2 aromatic carbocycles. The van der Waals surface area contributed by atoms with Crippen LogP contribution in [0.15, 0.2) is 48.5 Å². The molecule has 5 nitrogen and oxygen atoms in total. The van der Waals surface area contributed by atoms with E-state index in [4.69, 9.17) is 4.74 Å². The van der Waals surface area contributed by atoms with Gasteiger partial charge < -0.3 is 20.3 Å². The number of hydrogen-bond donors (Lipinski definition) is 3. The fourth-order valence-corrected chi connectivity index (χ4v) is 2.06. The summed E-state index contributed by atoms with van der Waals surface area (Å²) in [6.45, 7) is 0.484. The highest BCUT2D eigenvalue weighted by Gasteiger charge is 2.04. The van der Waals surface area contributed by atoms with Crippen LogP contribution in [0.4, 0.5) is 0 Å². The Hall–Kier alpha value is -2.95. The number of amides is 1. The molecule has 0 aliphatic rings. The molecular formula is C18H19NO4. The first-order valence-corrected chi connectivity index (χ1v) is 7.20. The Balaban J connectivity index is 1.86. The van der Waals surface area contributed by atoms with Gasteiger partial charge in [0.25, 0.3) is 0 Å². The van der Waals surface area contributed by atoms with Crippen molar-refractivity contribution in [3.63, 3.8) is 0 Å². The Bertz CT molecular complexity index is 693. The molecule has 0 radical (unpaired) electrons. The largest absolute Gasteiger partial charge is 0.508 e. The van der Waals surface area contributed by atoms with Crippen LogP contribution in [0.2, 0.25) is 0 Å². The molecule has 0 saturated carbocycles. The zero-order valence-electron chi connectivity index (χ0n) is 12.8. The summed E-state index contributed by atoms with van der Waals surface area (Å²) < 4.78 is 5.01. The zero-order valence-corrected chi connectivity index (χ0v) is 12.8. The van der Waals surface area contributed by atoms with E-state index >= 15 is 0 Å². The Morgan fingerprint density at radius 1 is 1.17 bits per heavy atom. The average molecular weight is 313 g/mol. The quantitative estimate of drug-likeness (QED) is 0.716. The van der Waals surface area contributed by atoms with E-state index in [9.17, 15) is 15.0 Å². The van der Waals surface area contributed by atoms with Crippen molar-refractivity contribution in [1.29, 1.82) is 0 Å². The molecule has 1 amide bonds. The highest BCUT2D eigenvalue weighted by atomic mass is 16.5. The van der Waals surface area contributed by atoms with Gasteiger partial charge in [0.05, 0.1) is 7.11 Å². The summed E-state index contributed by atoms with van der Waals surface area (Å²) in [6.07, 6.45) is 3.57. The Morgan fingerprint density at radius 2 is 1.91 bits per heavy atom. The number of nitrogens with one attached hydrogen (secondary N) is 1. The minimum absolute atomic E-state index is 0.00291. The minimum atomic E-state index is -0.244. The van der Waals surface area contributed by atoms with Crippen molar-refractivity contribution in [3.05, 3.63) is 59.7 Å². The Kier molecular flexibility index (Phi) is 5.63. The zero-order chi connectivity index (χ0) is 16.7. The predicted molar refractivity (Wildman–Crippen MR) is 88.5 cm³/mol. The van der Waals surface area contributed by atoms with Gasteiger partial charge in [-0.3, -0.25) is 4.79 Å². The summed E-state index contributed by atoms with van der Waals surface area (Å²) >= 11 is 0. The van der Waals surface area contributed by atoms with E-state index in [0.717, 1.165) is 5.56 Å². The maximum absolute atomic E-state index is 11.8. The SMILES string of the molecule is COc1cccc(/C=C/C(=O)NCCc2ccc(O)cc2)c1O. The smallest absolute Gasteiger partial charge is 0.244 e. The van der Waals surface area contributed by atoms with Gasteiger partial charge in [0, 0.05) is 18.2 Å². The molecule has 120 valence electrons. The summed E-state index contributed by atoms with van der Waals surface area (Å²) in [4.78, 5) is 11.8. The van der Waals surface area contributed by atoms with Gasteiger partial charge in [-0.2, -0.15) is 0 Å². The van der Waals surface area contributed by atoms with E-state index in [2.05, 4.69) is 5.32 Å². The first kappa shape index (κ1) is 16.4. The molecule has 0 atom stereocenters. The van der Waals surface area contributed by atoms with Gasteiger partial charge in [0.1, 0.15) is 5.75 Å². The summed E-state index contributed by atoms with van der Waals surface area (Å²) in [5.74, 6) is 0.341. The number of phenolic OH excluding ortho intramolecular Hbond substituents is 2. The fourth-order valence-electron chi connectivity index (χ4n) is 2.06. The van der Waals surface area contributed by atoms with Gasteiger partial charge in [-0.1, -0.05) is 24.3 Å². The average Bonchev–Trinajstić information content (AvgIpc) is 2.56. The number of hydrogen-bond acceptors (Lipinski definition) is 4. The number of phenols is 2. The molecule has 0 heterocycles. The van der Waals surface area contributed by atoms with E-state index in [1.165, 1.54) is 19.3 Å².